The van der Waals surface area contributed by atoms with Crippen molar-refractivity contribution in [2.24, 2.45) is 16.8 Å². The topological polar surface area (TPSA) is 71.0 Å². The molecular formula is C23H43N3O3. The maximum atomic E-state index is 13.4. The van der Waals surface area contributed by atoms with Gasteiger partial charge in [-0.25, -0.2) is 4.79 Å². The molecule has 1 aliphatic heterocycles. The minimum Gasteiger partial charge on any atom is -0.453 e. The second kappa shape index (κ2) is 13.6. The molecule has 168 valence electrons. The predicted octanol–water partition coefficient (Wildman–Crippen LogP) is 4.82. The van der Waals surface area contributed by atoms with Gasteiger partial charge in [0.1, 0.15) is 6.04 Å². The summed E-state index contributed by atoms with van der Waals surface area (Å²) in [5.74, 6) is 0.459. The van der Waals surface area contributed by atoms with Crippen LogP contribution in [0.5, 0.6) is 0 Å². The number of carbonyl (C=O) groups excluding carboxylic acids is 2. The summed E-state index contributed by atoms with van der Waals surface area (Å²) in [6, 6.07) is -0.402. The fourth-order valence-electron chi connectivity index (χ4n) is 4.34. The molecule has 0 bridgehead atoms. The van der Waals surface area contributed by atoms with Crippen LogP contribution in [-0.2, 0) is 9.53 Å². The SMILES string of the molecule is CCCCCCCC(CCC)[C@@H]1C/C(=N\C)CN1C(=O)C(NC(=O)OC)C(C)C. The normalized spacial score (nSPS) is 20.2. The third-order valence-electron chi connectivity index (χ3n) is 6.07. The lowest BCUT2D eigenvalue weighted by molar-refractivity contribution is -0.136. The molecule has 1 aliphatic rings. The van der Waals surface area contributed by atoms with Crippen molar-refractivity contribution in [3.05, 3.63) is 0 Å². The molecule has 29 heavy (non-hydrogen) atoms. The third-order valence-corrected chi connectivity index (χ3v) is 6.07. The fraction of sp³-hybridized carbons (Fsp3) is 0.870. The Morgan fingerprint density at radius 1 is 1.14 bits per heavy atom. The summed E-state index contributed by atoms with van der Waals surface area (Å²) in [5.41, 5.74) is 1.08. The maximum Gasteiger partial charge on any atom is 0.407 e. The monoisotopic (exact) mass is 409 g/mol. The number of ether oxygens (including phenoxy) is 1. The Hall–Kier alpha value is -1.59. The van der Waals surface area contributed by atoms with Gasteiger partial charge in [0.15, 0.2) is 0 Å². The number of likely N-dealkylation sites (tertiary alicyclic amines) is 1. The van der Waals surface area contributed by atoms with Crippen molar-refractivity contribution in [3.8, 4) is 0 Å². The molecule has 2 unspecified atom stereocenters. The van der Waals surface area contributed by atoms with Gasteiger partial charge in [-0.05, 0) is 24.7 Å². The summed E-state index contributed by atoms with van der Waals surface area (Å²) >= 11 is 0. The number of hydrogen-bond donors (Lipinski definition) is 1. The van der Waals surface area contributed by atoms with Gasteiger partial charge in [-0.3, -0.25) is 9.79 Å². The average molecular weight is 410 g/mol. The Morgan fingerprint density at radius 3 is 2.38 bits per heavy atom. The number of methoxy groups -OCH3 is 1. The van der Waals surface area contributed by atoms with E-state index in [1.54, 1.807) is 0 Å². The van der Waals surface area contributed by atoms with Crippen molar-refractivity contribution in [2.75, 3.05) is 20.7 Å². The van der Waals surface area contributed by atoms with Gasteiger partial charge in [0.25, 0.3) is 0 Å². The Labute approximate surface area is 177 Å². The summed E-state index contributed by atoms with van der Waals surface area (Å²) in [7, 11) is 3.14. The molecule has 2 amide bonds. The third kappa shape index (κ3) is 7.98. The highest BCUT2D eigenvalue weighted by Gasteiger charge is 2.40. The Kier molecular flexibility index (Phi) is 11.9. The number of aliphatic imine (C=N–C) groups is 1. The highest BCUT2D eigenvalue weighted by atomic mass is 16.5. The van der Waals surface area contributed by atoms with Crippen molar-refractivity contribution in [1.29, 1.82) is 0 Å². The smallest absolute Gasteiger partial charge is 0.407 e. The van der Waals surface area contributed by atoms with E-state index >= 15 is 0 Å². The second-order valence-corrected chi connectivity index (χ2v) is 8.64. The molecule has 0 aromatic carbocycles. The first-order valence-electron chi connectivity index (χ1n) is 11.5. The first-order chi connectivity index (χ1) is 13.9. The number of amides is 2. The largest absolute Gasteiger partial charge is 0.453 e. The van der Waals surface area contributed by atoms with Crippen LogP contribution in [-0.4, -0.2) is 55.4 Å². The van der Waals surface area contributed by atoms with Crippen LogP contribution in [0.25, 0.3) is 0 Å². The summed E-state index contributed by atoms with van der Waals surface area (Å²) < 4.78 is 4.74. The highest BCUT2D eigenvalue weighted by molar-refractivity contribution is 5.96. The number of hydrogen-bond acceptors (Lipinski definition) is 4. The molecule has 1 N–H and O–H groups in total. The molecule has 0 aromatic heterocycles. The number of rotatable bonds is 12. The quantitative estimate of drug-likeness (QED) is 0.470. The van der Waals surface area contributed by atoms with E-state index < -0.39 is 12.1 Å². The Bertz CT molecular complexity index is 533. The van der Waals surface area contributed by atoms with Crippen molar-refractivity contribution >= 4 is 17.7 Å². The average Bonchev–Trinajstić information content (AvgIpc) is 3.14. The predicted molar refractivity (Wildman–Crippen MR) is 119 cm³/mol. The molecule has 0 aromatic rings. The van der Waals surface area contributed by atoms with Gasteiger partial charge in [-0.15, -0.1) is 0 Å². The van der Waals surface area contributed by atoms with E-state index in [-0.39, 0.29) is 17.9 Å². The van der Waals surface area contributed by atoms with Gasteiger partial charge in [-0.1, -0.05) is 66.2 Å². The molecule has 1 rings (SSSR count). The highest BCUT2D eigenvalue weighted by Crippen LogP contribution is 2.31. The van der Waals surface area contributed by atoms with Crippen LogP contribution in [0, 0.1) is 11.8 Å². The van der Waals surface area contributed by atoms with Crippen LogP contribution in [0.15, 0.2) is 4.99 Å². The van der Waals surface area contributed by atoms with Crippen molar-refractivity contribution < 1.29 is 14.3 Å². The van der Waals surface area contributed by atoms with Gasteiger partial charge in [0.2, 0.25) is 5.91 Å². The molecule has 0 radical (unpaired) electrons. The standard InChI is InChI=1S/C23H43N3O3/c1-7-9-10-11-12-14-18(13-8-2)20-15-19(24-5)16-26(20)22(27)21(17(3)4)25-23(28)29-6/h17-18,20-21H,7-16H2,1-6H3,(H,25,28)/b24-19+/t18?,20-,21?/m0/s1. The minimum absolute atomic E-state index is 0.0106. The lowest BCUT2D eigenvalue weighted by Gasteiger charge is -2.34. The summed E-state index contributed by atoms with van der Waals surface area (Å²) in [4.78, 5) is 31.6. The van der Waals surface area contributed by atoms with Crippen LogP contribution in [0.2, 0.25) is 0 Å². The van der Waals surface area contributed by atoms with E-state index in [1.807, 2.05) is 25.8 Å². The summed E-state index contributed by atoms with van der Waals surface area (Å²) in [6.45, 7) is 8.93. The summed E-state index contributed by atoms with van der Waals surface area (Å²) in [6.07, 6.45) is 10.0. The first-order valence-corrected chi connectivity index (χ1v) is 11.5. The maximum absolute atomic E-state index is 13.4. The summed E-state index contributed by atoms with van der Waals surface area (Å²) in [5, 5.41) is 2.74. The minimum atomic E-state index is -0.576. The zero-order chi connectivity index (χ0) is 21.8. The zero-order valence-corrected chi connectivity index (χ0v) is 19.5. The molecule has 0 aliphatic carbocycles. The van der Waals surface area contributed by atoms with E-state index in [9.17, 15) is 9.59 Å². The van der Waals surface area contributed by atoms with Gasteiger partial charge in [0, 0.05) is 25.2 Å². The van der Waals surface area contributed by atoms with Gasteiger partial charge in [-0.2, -0.15) is 0 Å². The lowest BCUT2D eigenvalue weighted by Crippen LogP contribution is -2.53. The lowest BCUT2D eigenvalue weighted by atomic mass is 9.87. The van der Waals surface area contributed by atoms with Gasteiger partial charge >= 0.3 is 6.09 Å². The molecule has 0 saturated carbocycles. The van der Waals surface area contributed by atoms with Crippen LogP contribution in [0.1, 0.15) is 85.5 Å². The van der Waals surface area contributed by atoms with Gasteiger partial charge < -0.3 is 15.0 Å². The van der Waals surface area contributed by atoms with Crippen molar-refractivity contribution in [3.63, 3.8) is 0 Å². The number of carbonyl (C=O) groups is 2. The van der Waals surface area contributed by atoms with E-state index in [1.165, 1.54) is 39.2 Å². The number of alkyl carbamates (subject to hydrolysis) is 1. The molecule has 6 heteroatoms. The van der Waals surface area contributed by atoms with E-state index in [0.29, 0.717) is 12.5 Å². The molecule has 0 spiro atoms. The molecule has 1 heterocycles. The van der Waals surface area contributed by atoms with Crippen molar-refractivity contribution in [1.82, 2.24) is 10.2 Å². The first kappa shape index (κ1) is 25.4. The molecule has 6 nitrogen and oxygen atoms in total. The Balaban J connectivity index is 2.94. The number of nitrogens with one attached hydrogen (secondary N) is 1. The van der Waals surface area contributed by atoms with E-state index in [0.717, 1.165) is 31.4 Å². The number of nitrogens with zero attached hydrogens (tertiary/aromatic N) is 2. The molecule has 3 atom stereocenters. The number of unbranched alkanes of at least 4 members (excludes halogenated alkanes) is 4. The zero-order valence-electron chi connectivity index (χ0n) is 19.5. The van der Waals surface area contributed by atoms with E-state index in [2.05, 4.69) is 24.2 Å². The fourth-order valence-corrected chi connectivity index (χ4v) is 4.34. The molecular weight excluding hydrogens is 366 g/mol. The molecule has 1 fully saturated rings. The van der Waals surface area contributed by atoms with E-state index in [4.69, 9.17) is 4.74 Å². The van der Waals surface area contributed by atoms with Gasteiger partial charge in [0.05, 0.1) is 13.7 Å². The van der Waals surface area contributed by atoms with Crippen LogP contribution < -0.4 is 5.32 Å². The van der Waals surface area contributed by atoms with Crippen LogP contribution in [0.4, 0.5) is 4.79 Å². The van der Waals surface area contributed by atoms with Crippen molar-refractivity contribution in [2.45, 2.75) is 97.6 Å². The second-order valence-electron chi connectivity index (χ2n) is 8.64. The van der Waals surface area contributed by atoms with Crippen LogP contribution in [0.3, 0.4) is 0 Å². The van der Waals surface area contributed by atoms with Crippen LogP contribution >= 0.6 is 0 Å². The molecule has 1 saturated heterocycles. The Morgan fingerprint density at radius 2 is 1.83 bits per heavy atom.